The van der Waals surface area contributed by atoms with Crippen LogP contribution in [-0.4, -0.2) is 25.7 Å². The van der Waals surface area contributed by atoms with E-state index in [1.54, 1.807) is 7.11 Å². The molecule has 2 aromatic rings. The predicted octanol–water partition coefficient (Wildman–Crippen LogP) is 2.97. The molecule has 0 unspecified atom stereocenters. The number of nitrogens with zero attached hydrogens (tertiary/aromatic N) is 2. The molecule has 0 aliphatic carbocycles. The molecule has 4 heteroatoms. The number of ether oxygens (including phenoxy) is 1. The van der Waals surface area contributed by atoms with E-state index in [4.69, 9.17) is 4.74 Å². The van der Waals surface area contributed by atoms with E-state index >= 15 is 0 Å². The van der Waals surface area contributed by atoms with E-state index in [9.17, 15) is 0 Å². The summed E-state index contributed by atoms with van der Waals surface area (Å²) >= 11 is 0. The molecule has 0 amide bonds. The zero-order valence-corrected chi connectivity index (χ0v) is 12.3. The molecule has 2 rings (SSSR count). The van der Waals surface area contributed by atoms with Crippen molar-refractivity contribution < 1.29 is 4.74 Å². The van der Waals surface area contributed by atoms with Crippen LogP contribution in [0.3, 0.4) is 0 Å². The number of nitrogens with one attached hydrogen (secondary N) is 1. The minimum Gasteiger partial charge on any atom is -0.497 e. The molecular weight excluding hydrogens is 250 g/mol. The zero-order valence-electron chi connectivity index (χ0n) is 12.3. The van der Waals surface area contributed by atoms with Crippen LogP contribution >= 0.6 is 0 Å². The molecular formula is C16H21N3O. The van der Waals surface area contributed by atoms with E-state index in [-0.39, 0.29) is 0 Å². The molecule has 20 heavy (non-hydrogen) atoms. The average molecular weight is 271 g/mol. The molecule has 4 nitrogen and oxygen atoms in total. The molecule has 1 aromatic carbocycles. The third kappa shape index (κ3) is 3.27. The van der Waals surface area contributed by atoms with Crippen LogP contribution in [0.15, 0.2) is 42.7 Å². The Kier molecular flexibility index (Phi) is 4.96. The fourth-order valence-corrected chi connectivity index (χ4v) is 2.07. The third-order valence-corrected chi connectivity index (χ3v) is 3.27. The highest BCUT2D eigenvalue weighted by molar-refractivity contribution is 5.65. The number of anilines is 2. The average Bonchev–Trinajstić information content (AvgIpc) is 2.52. The summed E-state index contributed by atoms with van der Waals surface area (Å²) in [5, 5.41) is 3.36. The Bertz CT molecular complexity index is 540. The topological polar surface area (TPSA) is 37.4 Å². The number of hydrogen-bond donors (Lipinski definition) is 1. The highest BCUT2D eigenvalue weighted by atomic mass is 16.5. The molecule has 0 spiro atoms. The van der Waals surface area contributed by atoms with Crippen LogP contribution in [0.2, 0.25) is 0 Å². The number of methoxy groups -OCH3 is 1. The maximum Gasteiger partial charge on any atom is 0.119 e. The Morgan fingerprint density at radius 3 is 2.60 bits per heavy atom. The summed E-state index contributed by atoms with van der Waals surface area (Å²) in [5.41, 5.74) is 3.45. The third-order valence-electron chi connectivity index (χ3n) is 3.27. The van der Waals surface area contributed by atoms with Gasteiger partial charge in [-0.05, 0) is 42.4 Å². The van der Waals surface area contributed by atoms with Crippen LogP contribution in [-0.2, 0) is 6.54 Å². The van der Waals surface area contributed by atoms with Crippen molar-refractivity contribution in [3.8, 4) is 5.75 Å². The Morgan fingerprint density at radius 2 is 1.95 bits per heavy atom. The van der Waals surface area contributed by atoms with Gasteiger partial charge in [-0.25, -0.2) is 0 Å². The molecule has 0 saturated carbocycles. The number of benzene rings is 1. The van der Waals surface area contributed by atoms with E-state index in [1.165, 1.54) is 5.56 Å². The maximum absolute atomic E-state index is 5.19. The minimum atomic E-state index is 0.842. The SMILES string of the molecule is CCNCc1ccncc1N(C)c1ccc(OC)cc1. The number of hydrogen-bond acceptors (Lipinski definition) is 4. The monoisotopic (exact) mass is 271 g/mol. The Labute approximate surface area is 120 Å². The first-order valence-electron chi connectivity index (χ1n) is 6.77. The molecule has 1 aromatic heterocycles. The van der Waals surface area contributed by atoms with E-state index in [1.807, 2.05) is 43.7 Å². The van der Waals surface area contributed by atoms with Gasteiger partial charge in [0.05, 0.1) is 19.0 Å². The molecule has 0 saturated heterocycles. The first-order chi connectivity index (χ1) is 9.76. The molecule has 0 aliphatic rings. The van der Waals surface area contributed by atoms with Gasteiger partial charge in [0, 0.05) is 25.5 Å². The van der Waals surface area contributed by atoms with Crippen molar-refractivity contribution in [1.82, 2.24) is 10.3 Å². The van der Waals surface area contributed by atoms with Crippen molar-refractivity contribution in [1.29, 1.82) is 0 Å². The van der Waals surface area contributed by atoms with E-state index in [0.29, 0.717) is 0 Å². The van der Waals surface area contributed by atoms with Crippen LogP contribution in [0.1, 0.15) is 12.5 Å². The van der Waals surface area contributed by atoms with Crippen molar-refractivity contribution >= 4 is 11.4 Å². The van der Waals surface area contributed by atoms with Gasteiger partial charge in [-0.15, -0.1) is 0 Å². The van der Waals surface area contributed by atoms with Gasteiger partial charge in [-0.1, -0.05) is 6.92 Å². The largest absolute Gasteiger partial charge is 0.497 e. The predicted molar refractivity (Wildman–Crippen MR) is 82.7 cm³/mol. The van der Waals surface area contributed by atoms with Crippen LogP contribution < -0.4 is 15.0 Å². The number of aromatic nitrogens is 1. The molecule has 106 valence electrons. The Hall–Kier alpha value is -2.07. The lowest BCUT2D eigenvalue weighted by atomic mass is 10.2. The van der Waals surface area contributed by atoms with Crippen molar-refractivity contribution in [2.75, 3.05) is 25.6 Å². The Balaban J connectivity index is 2.24. The molecule has 0 bridgehead atoms. The van der Waals surface area contributed by atoms with Crippen molar-refractivity contribution in [3.05, 3.63) is 48.3 Å². The number of rotatable bonds is 6. The quantitative estimate of drug-likeness (QED) is 0.876. The summed E-state index contributed by atoms with van der Waals surface area (Å²) in [5.74, 6) is 0.862. The second kappa shape index (κ2) is 6.91. The number of pyridine rings is 1. The fraction of sp³-hybridized carbons (Fsp3) is 0.312. The molecule has 1 heterocycles. The fourth-order valence-electron chi connectivity index (χ4n) is 2.07. The van der Waals surface area contributed by atoms with Crippen molar-refractivity contribution in [2.24, 2.45) is 0 Å². The van der Waals surface area contributed by atoms with Gasteiger partial charge in [-0.3, -0.25) is 4.98 Å². The van der Waals surface area contributed by atoms with Crippen molar-refractivity contribution in [2.45, 2.75) is 13.5 Å². The maximum atomic E-state index is 5.19. The highest BCUT2D eigenvalue weighted by Gasteiger charge is 2.09. The van der Waals surface area contributed by atoms with E-state index < -0.39 is 0 Å². The van der Waals surface area contributed by atoms with Crippen LogP contribution in [0.5, 0.6) is 5.75 Å². The van der Waals surface area contributed by atoms with Crippen LogP contribution in [0.4, 0.5) is 11.4 Å². The highest BCUT2D eigenvalue weighted by Crippen LogP contribution is 2.27. The standard InChI is InChI=1S/C16H21N3O/c1-4-17-11-13-9-10-18-12-16(13)19(2)14-5-7-15(20-3)8-6-14/h5-10,12,17H,4,11H2,1-3H3. The smallest absolute Gasteiger partial charge is 0.119 e. The van der Waals surface area contributed by atoms with Crippen molar-refractivity contribution in [3.63, 3.8) is 0 Å². The summed E-state index contributed by atoms with van der Waals surface area (Å²) < 4.78 is 5.19. The van der Waals surface area contributed by atoms with Crippen LogP contribution in [0.25, 0.3) is 0 Å². The van der Waals surface area contributed by atoms with Gasteiger partial charge in [0.1, 0.15) is 5.75 Å². The normalized spacial score (nSPS) is 10.3. The second-order valence-corrected chi connectivity index (χ2v) is 4.54. The molecule has 0 fully saturated rings. The summed E-state index contributed by atoms with van der Waals surface area (Å²) in [4.78, 5) is 6.38. The summed E-state index contributed by atoms with van der Waals surface area (Å²) in [6, 6.07) is 10.1. The van der Waals surface area contributed by atoms with Gasteiger partial charge < -0.3 is 15.0 Å². The van der Waals surface area contributed by atoms with Gasteiger partial charge in [-0.2, -0.15) is 0 Å². The lowest BCUT2D eigenvalue weighted by Gasteiger charge is -2.22. The van der Waals surface area contributed by atoms with Gasteiger partial charge in [0.2, 0.25) is 0 Å². The first kappa shape index (κ1) is 14.3. The lowest BCUT2D eigenvalue weighted by Crippen LogP contribution is -2.17. The Morgan fingerprint density at radius 1 is 1.20 bits per heavy atom. The molecule has 0 aliphatic heterocycles. The zero-order chi connectivity index (χ0) is 14.4. The summed E-state index contributed by atoms with van der Waals surface area (Å²) in [6.45, 7) is 3.90. The second-order valence-electron chi connectivity index (χ2n) is 4.54. The minimum absolute atomic E-state index is 0.842. The van der Waals surface area contributed by atoms with Crippen LogP contribution in [0, 0.1) is 0 Å². The van der Waals surface area contributed by atoms with E-state index in [0.717, 1.165) is 30.2 Å². The van der Waals surface area contributed by atoms with E-state index in [2.05, 4.69) is 28.2 Å². The molecule has 1 N–H and O–H groups in total. The molecule has 0 atom stereocenters. The van der Waals surface area contributed by atoms with Gasteiger partial charge >= 0.3 is 0 Å². The lowest BCUT2D eigenvalue weighted by molar-refractivity contribution is 0.415. The molecule has 0 radical (unpaired) electrons. The first-order valence-corrected chi connectivity index (χ1v) is 6.77. The summed E-state index contributed by atoms with van der Waals surface area (Å²) in [6.07, 6.45) is 3.73. The summed E-state index contributed by atoms with van der Waals surface area (Å²) in [7, 11) is 3.72. The van der Waals surface area contributed by atoms with Gasteiger partial charge in [0.25, 0.3) is 0 Å². The van der Waals surface area contributed by atoms with Gasteiger partial charge in [0.15, 0.2) is 0 Å².